The molecule has 1 aromatic heterocycles. The first kappa shape index (κ1) is 11.9. The number of nitrogen functional groups attached to an aromatic ring is 1. The van der Waals surface area contributed by atoms with Crippen molar-refractivity contribution < 1.29 is 9.13 Å². The lowest BCUT2D eigenvalue weighted by atomic mass is 10.2. The van der Waals surface area contributed by atoms with Gasteiger partial charge in [0.1, 0.15) is 29.8 Å². The lowest BCUT2D eigenvalue weighted by Crippen LogP contribution is -2.09. The van der Waals surface area contributed by atoms with Crippen LogP contribution in [-0.2, 0) is 6.54 Å². The van der Waals surface area contributed by atoms with Crippen LogP contribution in [0, 0.1) is 17.1 Å². The summed E-state index contributed by atoms with van der Waals surface area (Å²) < 4.78 is 20.2. The third-order valence-corrected chi connectivity index (χ3v) is 2.32. The van der Waals surface area contributed by atoms with Crippen LogP contribution in [0.4, 0.5) is 10.1 Å². The number of benzene rings is 1. The molecule has 1 heterocycles. The highest BCUT2D eigenvalue weighted by Crippen LogP contribution is 2.20. The Morgan fingerprint density at radius 1 is 1.50 bits per heavy atom. The van der Waals surface area contributed by atoms with Crippen LogP contribution < -0.4 is 10.5 Å². The summed E-state index contributed by atoms with van der Waals surface area (Å²) in [7, 11) is 0. The number of hydrogen-bond acceptors (Lipinski definition) is 4. The summed E-state index contributed by atoms with van der Waals surface area (Å²) in [5, 5.41) is 12.8. The van der Waals surface area contributed by atoms with E-state index in [-0.39, 0.29) is 17.9 Å². The van der Waals surface area contributed by atoms with Crippen LogP contribution in [0.2, 0.25) is 0 Å². The number of rotatable bonds is 4. The molecule has 0 saturated carbocycles. The van der Waals surface area contributed by atoms with Gasteiger partial charge >= 0.3 is 0 Å². The van der Waals surface area contributed by atoms with Gasteiger partial charge in [0.2, 0.25) is 0 Å². The SMILES string of the molecule is N#Cc1c(F)cccc1OCCn1cc(N)cn1. The standard InChI is InChI=1S/C12H11FN4O/c13-11-2-1-3-12(10(11)6-14)18-5-4-17-8-9(15)7-16-17/h1-3,7-8H,4-5,15H2. The van der Waals surface area contributed by atoms with Crippen molar-refractivity contribution in [1.29, 1.82) is 5.26 Å². The third-order valence-electron chi connectivity index (χ3n) is 2.32. The van der Waals surface area contributed by atoms with Crippen molar-refractivity contribution in [2.45, 2.75) is 6.54 Å². The molecular formula is C12H11FN4O. The van der Waals surface area contributed by atoms with Crippen LogP contribution in [0.5, 0.6) is 5.75 Å². The largest absolute Gasteiger partial charge is 0.490 e. The molecule has 0 atom stereocenters. The number of hydrogen-bond donors (Lipinski definition) is 1. The van der Waals surface area contributed by atoms with Crippen LogP contribution >= 0.6 is 0 Å². The minimum absolute atomic E-state index is 0.0857. The van der Waals surface area contributed by atoms with E-state index in [1.807, 2.05) is 0 Å². The van der Waals surface area contributed by atoms with E-state index in [4.69, 9.17) is 15.7 Å². The molecule has 0 saturated heterocycles. The lowest BCUT2D eigenvalue weighted by molar-refractivity contribution is 0.289. The molecule has 0 unspecified atom stereocenters. The van der Waals surface area contributed by atoms with Crippen molar-refractivity contribution in [3.8, 4) is 11.8 Å². The van der Waals surface area contributed by atoms with E-state index in [0.717, 1.165) is 0 Å². The van der Waals surface area contributed by atoms with E-state index in [2.05, 4.69) is 5.10 Å². The molecule has 18 heavy (non-hydrogen) atoms. The molecule has 0 aliphatic carbocycles. The second-order valence-corrected chi connectivity index (χ2v) is 3.61. The maximum atomic E-state index is 13.3. The average molecular weight is 246 g/mol. The summed E-state index contributed by atoms with van der Waals surface area (Å²) in [6, 6.07) is 6.05. The van der Waals surface area contributed by atoms with E-state index in [1.54, 1.807) is 23.0 Å². The second kappa shape index (κ2) is 5.19. The Labute approximate surface area is 103 Å². The molecule has 1 aromatic carbocycles. The van der Waals surface area contributed by atoms with Crippen LogP contribution in [0.15, 0.2) is 30.6 Å². The number of nitriles is 1. The summed E-state index contributed by atoms with van der Waals surface area (Å²) in [5.41, 5.74) is 5.99. The van der Waals surface area contributed by atoms with Crippen molar-refractivity contribution >= 4 is 5.69 Å². The van der Waals surface area contributed by atoms with Gasteiger partial charge in [0.25, 0.3) is 0 Å². The Kier molecular flexibility index (Phi) is 3.44. The molecule has 2 aromatic rings. The second-order valence-electron chi connectivity index (χ2n) is 3.61. The fourth-order valence-corrected chi connectivity index (χ4v) is 1.48. The van der Waals surface area contributed by atoms with Gasteiger partial charge in [0.15, 0.2) is 0 Å². The van der Waals surface area contributed by atoms with Gasteiger partial charge in [-0.2, -0.15) is 10.4 Å². The van der Waals surface area contributed by atoms with E-state index in [0.29, 0.717) is 12.2 Å². The molecular weight excluding hydrogens is 235 g/mol. The first-order chi connectivity index (χ1) is 8.70. The van der Waals surface area contributed by atoms with E-state index in [1.165, 1.54) is 18.3 Å². The van der Waals surface area contributed by atoms with Crippen LogP contribution in [0.25, 0.3) is 0 Å². The third kappa shape index (κ3) is 2.58. The minimum Gasteiger partial charge on any atom is -0.490 e. The van der Waals surface area contributed by atoms with E-state index >= 15 is 0 Å². The zero-order chi connectivity index (χ0) is 13.0. The average Bonchev–Trinajstić information content (AvgIpc) is 2.75. The molecule has 92 valence electrons. The summed E-state index contributed by atoms with van der Waals surface area (Å²) in [4.78, 5) is 0. The Hall–Kier alpha value is -2.55. The van der Waals surface area contributed by atoms with Gasteiger partial charge < -0.3 is 10.5 Å². The number of ether oxygens (including phenoxy) is 1. The van der Waals surface area contributed by atoms with Crippen molar-refractivity contribution in [2.75, 3.05) is 12.3 Å². The lowest BCUT2D eigenvalue weighted by Gasteiger charge is -2.08. The topological polar surface area (TPSA) is 76.9 Å². The molecule has 0 radical (unpaired) electrons. The van der Waals surface area contributed by atoms with Crippen molar-refractivity contribution in [3.05, 3.63) is 42.0 Å². The number of nitrogens with zero attached hydrogens (tertiary/aromatic N) is 3. The van der Waals surface area contributed by atoms with Crippen molar-refractivity contribution in [2.24, 2.45) is 0 Å². The number of nitrogens with two attached hydrogens (primary N) is 1. The molecule has 0 amide bonds. The van der Waals surface area contributed by atoms with Crippen LogP contribution in [0.3, 0.4) is 0 Å². The Morgan fingerprint density at radius 2 is 2.33 bits per heavy atom. The molecule has 0 bridgehead atoms. The highest BCUT2D eigenvalue weighted by atomic mass is 19.1. The summed E-state index contributed by atoms with van der Waals surface area (Å²) in [6.07, 6.45) is 3.20. The molecule has 6 heteroatoms. The fraction of sp³-hybridized carbons (Fsp3) is 0.167. The zero-order valence-corrected chi connectivity index (χ0v) is 9.51. The van der Waals surface area contributed by atoms with Crippen LogP contribution in [-0.4, -0.2) is 16.4 Å². The molecule has 0 fully saturated rings. The highest BCUT2D eigenvalue weighted by Gasteiger charge is 2.08. The van der Waals surface area contributed by atoms with Gasteiger partial charge in [-0.25, -0.2) is 4.39 Å². The van der Waals surface area contributed by atoms with Crippen LogP contribution in [0.1, 0.15) is 5.56 Å². The predicted molar refractivity (Wildman–Crippen MR) is 63.2 cm³/mol. The molecule has 2 rings (SSSR count). The Balaban J connectivity index is 1.99. The van der Waals surface area contributed by atoms with E-state index in [9.17, 15) is 4.39 Å². The van der Waals surface area contributed by atoms with Gasteiger partial charge in [0.05, 0.1) is 18.4 Å². The van der Waals surface area contributed by atoms with Crippen molar-refractivity contribution in [1.82, 2.24) is 9.78 Å². The van der Waals surface area contributed by atoms with Gasteiger partial charge in [-0.15, -0.1) is 0 Å². The molecule has 0 aliphatic rings. The van der Waals surface area contributed by atoms with Gasteiger partial charge in [-0.1, -0.05) is 6.07 Å². The first-order valence-corrected chi connectivity index (χ1v) is 5.30. The predicted octanol–water partition coefficient (Wildman–Crippen LogP) is 1.56. The molecule has 0 spiro atoms. The smallest absolute Gasteiger partial charge is 0.144 e. The molecule has 5 nitrogen and oxygen atoms in total. The summed E-state index contributed by atoms with van der Waals surface area (Å²) in [5.74, 6) is -0.351. The van der Waals surface area contributed by atoms with Gasteiger partial charge in [-0.3, -0.25) is 4.68 Å². The number of anilines is 1. The summed E-state index contributed by atoms with van der Waals surface area (Å²) in [6.45, 7) is 0.748. The normalized spacial score (nSPS) is 10.0. The minimum atomic E-state index is -0.585. The molecule has 0 aliphatic heterocycles. The fourth-order valence-electron chi connectivity index (χ4n) is 1.48. The molecule has 2 N–H and O–H groups in total. The quantitative estimate of drug-likeness (QED) is 0.888. The van der Waals surface area contributed by atoms with E-state index < -0.39 is 5.82 Å². The van der Waals surface area contributed by atoms with Crippen molar-refractivity contribution in [3.63, 3.8) is 0 Å². The zero-order valence-electron chi connectivity index (χ0n) is 9.51. The Bertz CT molecular complexity index is 588. The number of aromatic nitrogens is 2. The maximum Gasteiger partial charge on any atom is 0.144 e. The Morgan fingerprint density at radius 3 is 3.00 bits per heavy atom. The highest BCUT2D eigenvalue weighted by molar-refractivity contribution is 5.43. The first-order valence-electron chi connectivity index (χ1n) is 5.30. The number of halogens is 1. The monoisotopic (exact) mass is 246 g/mol. The van der Waals surface area contributed by atoms with Gasteiger partial charge in [0, 0.05) is 6.20 Å². The van der Waals surface area contributed by atoms with Gasteiger partial charge in [-0.05, 0) is 12.1 Å². The maximum absolute atomic E-state index is 13.3. The summed E-state index contributed by atoms with van der Waals surface area (Å²) >= 11 is 0.